The molecule has 1 aromatic heterocycles. The normalized spacial score (nSPS) is 10.8. The van der Waals surface area contributed by atoms with Crippen LogP contribution in [0.1, 0.15) is 17.3 Å². The SMILES string of the molecule is CCOc1ccc(C(=O)NCCn2cc(SCC(=O)Nc3cccc(F)c3)c3ccccc32)cc1. The van der Waals surface area contributed by atoms with Crippen LogP contribution in [0.3, 0.4) is 0 Å². The van der Waals surface area contributed by atoms with Gasteiger partial charge in [0, 0.05) is 46.3 Å². The van der Waals surface area contributed by atoms with Crippen LogP contribution in [-0.4, -0.2) is 35.3 Å². The number of carbonyl (C=O) groups is 2. The summed E-state index contributed by atoms with van der Waals surface area (Å²) in [5.74, 6) is 0.178. The number of anilines is 1. The highest BCUT2D eigenvalue weighted by atomic mass is 32.2. The number of amides is 2. The van der Waals surface area contributed by atoms with Crippen LogP contribution in [0.25, 0.3) is 10.9 Å². The molecule has 0 fully saturated rings. The molecule has 8 heteroatoms. The molecular weight excluding hydrogens is 465 g/mol. The third kappa shape index (κ3) is 6.42. The second kappa shape index (κ2) is 11.6. The van der Waals surface area contributed by atoms with Crippen molar-refractivity contribution in [2.75, 3.05) is 24.2 Å². The lowest BCUT2D eigenvalue weighted by Crippen LogP contribution is -2.27. The van der Waals surface area contributed by atoms with E-state index in [-0.39, 0.29) is 17.6 Å². The summed E-state index contributed by atoms with van der Waals surface area (Å²) in [5.41, 5.74) is 2.03. The van der Waals surface area contributed by atoms with Crippen molar-refractivity contribution in [2.45, 2.75) is 18.4 Å². The Bertz CT molecular complexity index is 1320. The summed E-state index contributed by atoms with van der Waals surface area (Å²) in [4.78, 5) is 25.8. The van der Waals surface area contributed by atoms with E-state index in [4.69, 9.17) is 4.74 Å². The highest BCUT2D eigenvalue weighted by Gasteiger charge is 2.12. The van der Waals surface area contributed by atoms with Crippen molar-refractivity contribution >= 4 is 40.2 Å². The molecular formula is C27H26FN3O3S. The predicted octanol–water partition coefficient (Wildman–Crippen LogP) is 5.34. The molecule has 2 amide bonds. The van der Waals surface area contributed by atoms with Crippen molar-refractivity contribution in [2.24, 2.45) is 0 Å². The predicted molar refractivity (Wildman–Crippen MR) is 138 cm³/mol. The standard InChI is InChI=1S/C27H26FN3O3S/c1-2-34-22-12-10-19(11-13-22)27(33)29-14-15-31-17-25(23-8-3-4-9-24(23)31)35-18-26(32)30-21-7-5-6-20(28)16-21/h3-13,16-17H,2,14-15,18H2,1H3,(H,29,33)(H,30,32). The Labute approximate surface area is 207 Å². The molecule has 0 aliphatic carbocycles. The van der Waals surface area contributed by atoms with Gasteiger partial charge in [-0.1, -0.05) is 24.3 Å². The van der Waals surface area contributed by atoms with Crippen molar-refractivity contribution in [1.29, 1.82) is 0 Å². The molecule has 0 bridgehead atoms. The smallest absolute Gasteiger partial charge is 0.251 e. The number of thioether (sulfide) groups is 1. The molecule has 0 atom stereocenters. The highest BCUT2D eigenvalue weighted by molar-refractivity contribution is 8.00. The molecule has 35 heavy (non-hydrogen) atoms. The number of nitrogens with zero attached hydrogens (tertiary/aromatic N) is 1. The van der Waals surface area contributed by atoms with Crippen molar-refractivity contribution in [3.8, 4) is 5.75 Å². The first-order valence-corrected chi connectivity index (χ1v) is 12.3. The highest BCUT2D eigenvalue weighted by Crippen LogP contribution is 2.30. The third-order valence-electron chi connectivity index (χ3n) is 5.28. The number of aromatic nitrogens is 1. The molecule has 0 radical (unpaired) electrons. The molecule has 4 aromatic rings. The number of ether oxygens (including phenoxy) is 1. The van der Waals surface area contributed by atoms with Gasteiger partial charge < -0.3 is 19.9 Å². The maximum Gasteiger partial charge on any atom is 0.251 e. The minimum atomic E-state index is -0.395. The molecule has 1 heterocycles. The van der Waals surface area contributed by atoms with Crippen molar-refractivity contribution in [3.63, 3.8) is 0 Å². The summed E-state index contributed by atoms with van der Waals surface area (Å²) >= 11 is 1.42. The number of hydrogen-bond donors (Lipinski definition) is 2. The summed E-state index contributed by atoms with van der Waals surface area (Å²) in [7, 11) is 0. The molecule has 3 aromatic carbocycles. The van der Waals surface area contributed by atoms with Gasteiger partial charge in [-0.3, -0.25) is 9.59 Å². The fourth-order valence-corrected chi connectivity index (χ4v) is 4.57. The fraction of sp³-hybridized carbons (Fsp3) is 0.185. The lowest BCUT2D eigenvalue weighted by atomic mass is 10.2. The van der Waals surface area contributed by atoms with Crippen LogP contribution in [0.15, 0.2) is 83.9 Å². The lowest BCUT2D eigenvalue weighted by molar-refractivity contribution is -0.113. The summed E-state index contributed by atoms with van der Waals surface area (Å²) in [5, 5.41) is 6.71. The summed E-state index contributed by atoms with van der Waals surface area (Å²) in [6.45, 7) is 3.53. The molecule has 180 valence electrons. The van der Waals surface area contributed by atoms with Gasteiger partial charge in [0.25, 0.3) is 5.91 Å². The van der Waals surface area contributed by atoms with Gasteiger partial charge in [-0.2, -0.15) is 0 Å². The van der Waals surface area contributed by atoms with E-state index >= 15 is 0 Å². The molecule has 0 unspecified atom stereocenters. The summed E-state index contributed by atoms with van der Waals surface area (Å²) in [6, 6.07) is 20.8. The average molecular weight is 492 g/mol. The van der Waals surface area contributed by atoms with Crippen LogP contribution in [0, 0.1) is 5.82 Å². The second-order valence-corrected chi connectivity index (χ2v) is 8.78. The lowest BCUT2D eigenvalue weighted by Gasteiger charge is -2.08. The van der Waals surface area contributed by atoms with E-state index in [9.17, 15) is 14.0 Å². The third-order valence-corrected chi connectivity index (χ3v) is 6.33. The van der Waals surface area contributed by atoms with Crippen LogP contribution >= 0.6 is 11.8 Å². The fourth-order valence-electron chi connectivity index (χ4n) is 3.68. The molecule has 0 aliphatic heterocycles. The first-order chi connectivity index (χ1) is 17.0. The Morgan fingerprint density at radius 3 is 2.60 bits per heavy atom. The van der Waals surface area contributed by atoms with Gasteiger partial charge in [0.1, 0.15) is 11.6 Å². The van der Waals surface area contributed by atoms with Crippen molar-refractivity contribution in [3.05, 3.63) is 90.4 Å². The Morgan fingerprint density at radius 1 is 1.03 bits per heavy atom. The number of halogens is 1. The average Bonchev–Trinajstić information content (AvgIpc) is 3.21. The zero-order chi connectivity index (χ0) is 24.6. The first-order valence-electron chi connectivity index (χ1n) is 11.3. The van der Waals surface area contributed by atoms with E-state index in [0.717, 1.165) is 21.5 Å². The van der Waals surface area contributed by atoms with Gasteiger partial charge in [0.2, 0.25) is 5.91 Å². The van der Waals surface area contributed by atoms with E-state index in [1.165, 1.54) is 23.9 Å². The van der Waals surface area contributed by atoms with Gasteiger partial charge in [0.15, 0.2) is 0 Å². The molecule has 0 aliphatic rings. The van der Waals surface area contributed by atoms with Crippen molar-refractivity contribution in [1.82, 2.24) is 9.88 Å². The maximum absolute atomic E-state index is 13.3. The van der Waals surface area contributed by atoms with Crippen LogP contribution in [-0.2, 0) is 11.3 Å². The van der Waals surface area contributed by atoms with E-state index in [0.29, 0.717) is 30.9 Å². The van der Waals surface area contributed by atoms with Gasteiger partial charge in [-0.15, -0.1) is 11.8 Å². The Morgan fingerprint density at radius 2 is 1.83 bits per heavy atom. The van der Waals surface area contributed by atoms with Gasteiger partial charge >= 0.3 is 0 Å². The zero-order valence-corrected chi connectivity index (χ0v) is 20.1. The Hall–Kier alpha value is -3.78. The zero-order valence-electron chi connectivity index (χ0n) is 19.3. The number of fused-ring (bicyclic) bond motifs is 1. The summed E-state index contributed by atoms with van der Waals surface area (Å²) in [6.07, 6.45) is 1.99. The topological polar surface area (TPSA) is 72.4 Å². The molecule has 2 N–H and O–H groups in total. The molecule has 6 nitrogen and oxygen atoms in total. The number of rotatable bonds is 10. The van der Waals surface area contributed by atoms with Crippen LogP contribution < -0.4 is 15.4 Å². The van der Waals surface area contributed by atoms with Crippen molar-refractivity contribution < 1.29 is 18.7 Å². The van der Waals surface area contributed by atoms with Gasteiger partial charge in [-0.25, -0.2) is 4.39 Å². The molecule has 0 saturated heterocycles. The van der Waals surface area contributed by atoms with Gasteiger partial charge in [-0.05, 0) is 55.5 Å². The number of hydrogen-bond acceptors (Lipinski definition) is 4. The quantitative estimate of drug-likeness (QED) is 0.294. The molecule has 4 rings (SSSR count). The monoisotopic (exact) mass is 491 g/mol. The number of benzene rings is 3. The van der Waals surface area contributed by atoms with Crippen LogP contribution in [0.5, 0.6) is 5.75 Å². The molecule has 0 saturated carbocycles. The Kier molecular flexibility index (Phi) is 8.05. The number of para-hydroxylation sites is 1. The first kappa shape index (κ1) is 24.3. The minimum Gasteiger partial charge on any atom is -0.494 e. The van der Waals surface area contributed by atoms with Crippen LogP contribution in [0.4, 0.5) is 10.1 Å². The number of nitrogens with one attached hydrogen (secondary N) is 2. The van der Waals surface area contributed by atoms with Crippen LogP contribution in [0.2, 0.25) is 0 Å². The number of carbonyl (C=O) groups excluding carboxylic acids is 2. The maximum atomic E-state index is 13.3. The minimum absolute atomic E-state index is 0.145. The Balaban J connectivity index is 1.35. The van der Waals surface area contributed by atoms with E-state index in [2.05, 4.69) is 15.2 Å². The largest absolute Gasteiger partial charge is 0.494 e. The second-order valence-electron chi connectivity index (χ2n) is 7.76. The van der Waals surface area contributed by atoms with E-state index in [1.54, 1.807) is 36.4 Å². The van der Waals surface area contributed by atoms with E-state index in [1.807, 2.05) is 37.4 Å². The molecule has 0 spiro atoms. The van der Waals surface area contributed by atoms with E-state index < -0.39 is 5.82 Å². The summed E-state index contributed by atoms with van der Waals surface area (Å²) < 4.78 is 20.8. The van der Waals surface area contributed by atoms with Gasteiger partial charge in [0.05, 0.1) is 12.4 Å².